The van der Waals surface area contributed by atoms with Gasteiger partial charge in [-0.05, 0) is 43.0 Å². The van der Waals surface area contributed by atoms with Crippen molar-refractivity contribution in [1.29, 1.82) is 0 Å². The highest BCUT2D eigenvalue weighted by Gasteiger charge is 2.22. The van der Waals surface area contributed by atoms with Gasteiger partial charge in [-0.15, -0.1) is 0 Å². The molecular weight excluding hydrogens is 409 g/mol. The Balaban J connectivity index is 1.46. The molecule has 4 rings (SSSR count). The summed E-state index contributed by atoms with van der Waals surface area (Å²) in [6, 6.07) is 16.7. The molecule has 1 aliphatic rings. The van der Waals surface area contributed by atoms with Crippen LogP contribution in [0, 0.1) is 5.82 Å². The molecule has 2 atom stereocenters. The predicted molar refractivity (Wildman–Crippen MR) is 118 cm³/mol. The number of rotatable bonds is 9. The minimum atomic E-state index is -0.275. The second-order valence-corrected chi connectivity index (χ2v) is 8.09. The molecule has 1 fully saturated rings. The first-order chi connectivity index (χ1) is 15.6. The Morgan fingerprint density at radius 2 is 2.06 bits per heavy atom. The molecule has 1 aliphatic heterocycles. The maximum Gasteiger partial charge on any atom is 0.273 e. The third-order valence-corrected chi connectivity index (χ3v) is 5.74. The van der Waals surface area contributed by atoms with Crippen LogP contribution in [0.2, 0.25) is 0 Å². The number of amides is 1. The Labute approximate surface area is 187 Å². The van der Waals surface area contributed by atoms with E-state index in [0.29, 0.717) is 25.5 Å². The summed E-state index contributed by atoms with van der Waals surface area (Å²) >= 11 is 0. The van der Waals surface area contributed by atoms with Crippen LogP contribution in [0.4, 0.5) is 4.39 Å². The Kier molecular flexibility index (Phi) is 7.29. The Morgan fingerprint density at radius 3 is 2.81 bits per heavy atom. The van der Waals surface area contributed by atoms with E-state index in [1.165, 1.54) is 18.4 Å². The maximum atomic E-state index is 13.7. The minimum absolute atomic E-state index is 0.0307. The van der Waals surface area contributed by atoms with Gasteiger partial charge < -0.3 is 14.5 Å². The van der Waals surface area contributed by atoms with Crippen LogP contribution in [0.5, 0.6) is 0 Å². The fraction of sp³-hybridized carbons (Fsp3) is 0.360. The van der Waals surface area contributed by atoms with E-state index in [4.69, 9.17) is 9.15 Å². The zero-order valence-electron chi connectivity index (χ0n) is 18.2. The summed E-state index contributed by atoms with van der Waals surface area (Å²) in [6.07, 6.45) is 3.43. The average Bonchev–Trinajstić information content (AvgIpc) is 3.49. The van der Waals surface area contributed by atoms with Crippen LogP contribution in [0.25, 0.3) is 0 Å². The summed E-state index contributed by atoms with van der Waals surface area (Å²) in [4.78, 5) is 19.0. The van der Waals surface area contributed by atoms with Gasteiger partial charge in [0.15, 0.2) is 5.69 Å². The SMILES string of the molecule is CC(c1ccccc1)N(Cc1cccc(F)c1)Cc1nc(C(=O)NCC2CCCO2)co1. The van der Waals surface area contributed by atoms with Crippen molar-refractivity contribution in [2.45, 2.75) is 45.0 Å². The quantitative estimate of drug-likeness (QED) is 0.534. The fourth-order valence-corrected chi connectivity index (χ4v) is 3.91. The van der Waals surface area contributed by atoms with Crippen molar-refractivity contribution >= 4 is 5.91 Å². The molecule has 0 bridgehead atoms. The molecule has 0 spiro atoms. The van der Waals surface area contributed by atoms with Gasteiger partial charge in [0.25, 0.3) is 5.91 Å². The molecule has 1 aromatic heterocycles. The molecule has 2 heterocycles. The van der Waals surface area contributed by atoms with Crippen molar-refractivity contribution in [2.24, 2.45) is 0 Å². The van der Waals surface area contributed by atoms with Crippen LogP contribution in [0.15, 0.2) is 65.3 Å². The molecule has 1 saturated heterocycles. The zero-order chi connectivity index (χ0) is 22.3. The van der Waals surface area contributed by atoms with Crippen LogP contribution >= 0.6 is 0 Å². The molecule has 7 heteroatoms. The first-order valence-electron chi connectivity index (χ1n) is 11.0. The minimum Gasteiger partial charge on any atom is -0.447 e. The van der Waals surface area contributed by atoms with E-state index < -0.39 is 0 Å². The van der Waals surface area contributed by atoms with Crippen molar-refractivity contribution in [1.82, 2.24) is 15.2 Å². The third-order valence-electron chi connectivity index (χ3n) is 5.74. The number of carbonyl (C=O) groups is 1. The van der Waals surface area contributed by atoms with Gasteiger partial charge in [-0.2, -0.15) is 0 Å². The lowest BCUT2D eigenvalue weighted by molar-refractivity contribution is 0.0853. The fourth-order valence-electron chi connectivity index (χ4n) is 3.91. The number of hydrogen-bond acceptors (Lipinski definition) is 5. The summed E-state index contributed by atoms with van der Waals surface area (Å²) < 4.78 is 24.9. The summed E-state index contributed by atoms with van der Waals surface area (Å²) in [6.45, 7) is 4.20. The van der Waals surface area contributed by atoms with Crippen LogP contribution in [0.1, 0.15) is 53.3 Å². The standard InChI is InChI=1S/C25H28FN3O3/c1-18(20-8-3-2-4-9-20)29(15-19-7-5-10-21(26)13-19)16-24-28-23(17-32-24)25(30)27-14-22-11-6-12-31-22/h2-5,7-10,13,17-18,22H,6,11-12,14-16H2,1H3,(H,27,30). The second kappa shape index (κ2) is 10.5. The molecular formula is C25H28FN3O3. The first kappa shape index (κ1) is 22.2. The van der Waals surface area contributed by atoms with E-state index in [-0.39, 0.29) is 29.6 Å². The van der Waals surface area contributed by atoms with E-state index in [0.717, 1.165) is 30.6 Å². The van der Waals surface area contributed by atoms with Gasteiger partial charge in [0, 0.05) is 25.7 Å². The van der Waals surface area contributed by atoms with Crippen molar-refractivity contribution in [3.8, 4) is 0 Å². The van der Waals surface area contributed by atoms with E-state index in [9.17, 15) is 9.18 Å². The predicted octanol–water partition coefficient (Wildman–Crippen LogP) is 4.49. The normalized spacial score (nSPS) is 16.9. The number of hydrogen-bond donors (Lipinski definition) is 1. The van der Waals surface area contributed by atoms with Gasteiger partial charge >= 0.3 is 0 Å². The number of nitrogens with zero attached hydrogens (tertiary/aromatic N) is 2. The third kappa shape index (κ3) is 5.81. The number of oxazole rings is 1. The second-order valence-electron chi connectivity index (χ2n) is 8.09. The number of nitrogens with one attached hydrogen (secondary N) is 1. The highest BCUT2D eigenvalue weighted by atomic mass is 19.1. The van der Waals surface area contributed by atoms with Crippen LogP contribution in [0.3, 0.4) is 0 Å². The van der Waals surface area contributed by atoms with E-state index >= 15 is 0 Å². The molecule has 2 unspecified atom stereocenters. The number of carbonyl (C=O) groups excluding carboxylic acids is 1. The topological polar surface area (TPSA) is 67.6 Å². The van der Waals surface area contributed by atoms with Crippen molar-refractivity contribution in [3.63, 3.8) is 0 Å². The molecule has 3 aromatic rings. The largest absolute Gasteiger partial charge is 0.447 e. The van der Waals surface area contributed by atoms with Crippen LogP contribution in [-0.4, -0.2) is 35.0 Å². The molecule has 32 heavy (non-hydrogen) atoms. The van der Waals surface area contributed by atoms with Gasteiger partial charge in [0.2, 0.25) is 5.89 Å². The summed E-state index contributed by atoms with van der Waals surface area (Å²) in [5.74, 6) is -0.106. The average molecular weight is 438 g/mol. The van der Waals surface area contributed by atoms with Gasteiger partial charge in [0.05, 0.1) is 12.6 Å². The maximum absolute atomic E-state index is 13.7. The molecule has 6 nitrogen and oxygen atoms in total. The Morgan fingerprint density at radius 1 is 1.22 bits per heavy atom. The number of halogens is 1. The molecule has 168 valence electrons. The van der Waals surface area contributed by atoms with Gasteiger partial charge in [-0.25, -0.2) is 9.37 Å². The highest BCUT2D eigenvalue weighted by Crippen LogP contribution is 2.25. The van der Waals surface area contributed by atoms with E-state index in [1.807, 2.05) is 24.3 Å². The zero-order valence-corrected chi connectivity index (χ0v) is 18.2. The molecule has 1 amide bonds. The number of benzene rings is 2. The lowest BCUT2D eigenvalue weighted by Crippen LogP contribution is -2.32. The smallest absolute Gasteiger partial charge is 0.273 e. The van der Waals surface area contributed by atoms with Gasteiger partial charge in [-0.1, -0.05) is 42.5 Å². The summed E-state index contributed by atoms with van der Waals surface area (Å²) in [5.41, 5.74) is 2.23. The lowest BCUT2D eigenvalue weighted by Gasteiger charge is -2.28. The number of aromatic nitrogens is 1. The van der Waals surface area contributed by atoms with Gasteiger partial charge in [0.1, 0.15) is 12.1 Å². The van der Waals surface area contributed by atoms with Gasteiger partial charge in [-0.3, -0.25) is 9.69 Å². The summed E-state index contributed by atoms with van der Waals surface area (Å²) in [5, 5.41) is 2.86. The monoisotopic (exact) mass is 437 g/mol. The van der Waals surface area contributed by atoms with Crippen molar-refractivity contribution in [2.75, 3.05) is 13.2 Å². The number of ether oxygens (including phenoxy) is 1. The molecule has 0 saturated carbocycles. The first-order valence-corrected chi connectivity index (χ1v) is 11.0. The Bertz CT molecular complexity index is 1020. The molecule has 1 N–H and O–H groups in total. The lowest BCUT2D eigenvalue weighted by atomic mass is 10.1. The molecule has 0 aliphatic carbocycles. The molecule has 0 radical (unpaired) electrons. The highest BCUT2D eigenvalue weighted by molar-refractivity contribution is 5.91. The van der Waals surface area contributed by atoms with Crippen LogP contribution < -0.4 is 5.32 Å². The summed E-state index contributed by atoms with van der Waals surface area (Å²) in [7, 11) is 0. The van der Waals surface area contributed by atoms with Crippen LogP contribution in [-0.2, 0) is 17.8 Å². The van der Waals surface area contributed by atoms with Crippen molar-refractivity contribution in [3.05, 3.63) is 89.4 Å². The van der Waals surface area contributed by atoms with E-state index in [1.54, 1.807) is 6.07 Å². The Hall–Kier alpha value is -3.03. The van der Waals surface area contributed by atoms with E-state index in [2.05, 4.69) is 34.3 Å². The molecule has 2 aromatic carbocycles. The van der Waals surface area contributed by atoms with Crippen molar-refractivity contribution < 1.29 is 18.3 Å².